The smallest absolute Gasteiger partial charge is 0.307 e. The number of aliphatic hydroxyl groups is 1. The van der Waals surface area contributed by atoms with Crippen LogP contribution in [0.4, 0.5) is 0 Å². The molecular weight excluding hydrogens is 262 g/mol. The molecule has 1 fully saturated rings. The maximum absolute atomic E-state index is 12.0. The first-order valence-corrected chi connectivity index (χ1v) is 6.85. The van der Waals surface area contributed by atoms with E-state index in [1.54, 1.807) is 0 Å². The lowest BCUT2D eigenvalue weighted by Crippen LogP contribution is -2.33. The molecule has 2 aliphatic rings. The van der Waals surface area contributed by atoms with E-state index in [-0.39, 0.29) is 36.8 Å². The highest BCUT2D eigenvalue weighted by Gasteiger charge is 2.30. The molecule has 1 aliphatic heterocycles. The van der Waals surface area contributed by atoms with E-state index in [2.05, 4.69) is 10.3 Å². The van der Waals surface area contributed by atoms with Crippen molar-refractivity contribution in [2.24, 2.45) is 0 Å². The quantitative estimate of drug-likeness (QED) is 0.823. The summed E-state index contributed by atoms with van der Waals surface area (Å²) in [5, 5.41) is 11.7. The summed E-state index contributed by atoms with van der Waals surface area (Å²) in [5.74, 6) is -0.0529. The Bertz CT molecular complexity index is 510. The van der Waals surface area contributed by atoms with Crippen LogP contribution in [0.1, 0.15) is 47.8 Å². The van der Waals surface area contributed by atoms with Crippen molar-refractivity contribution < 1.29 is 19.1 Å². The SMILES string of the molecule is O=C(NC1CCCC1)c1nc2c(o1)CN(C(=O)CO)C2. The van der Waals surface area contributed by atoms with Crippen molar-refractivity contribution in [3.63, 3.8) is 0 Å². The van der Waals surface area contributed by atoms with Crippen LogP contribution in [0.5, 0.6) is 0 Å². The number of nitrogens with zero attached hydrogens (tertiary/aromatic N) is 2. The first kappa shape index (κ1) is 13.1. The predicted molar refractivity (Wildman–Crippen MR) is 67.6 cm³/mol. The van der Waals surface area contributed by atoms with Crippen molar-refractivity contribution in [1.29, 1.82) is 0 Å². The van der Waals surface area contributed by atoms with Gasteiger partial charge in [0.25, 0.3) is 5.89 Å². The van der Waals surface area contributed by atoms with Crippen LogP contribution in [-0.4, -0.2) is 39.5 Å². The van der Waals surface area contributed by atoms with Crippen LogP contribution < -0.4 is 5.32 Å². The molecular formula is C13H17N3O4. The maximum atomic E-state index is 12.0. The summed E-state index contributed by atoms with van der Waals surface area (Å²) in [7, 11) is 0. The van der Waals surface area contributed by atoms with E-state index in [9.17, 15) is 9.59 Å². The fourth-order valence-corrected chi connectivity index (χ4v) is 2.73. The molecule has 2 amide bonds. The highest BCUT2D eigenvalue weighted by Crippen LogP contribution is 2.24. The lowest BCUT2D eigenvalue weighted by molar-refractivity contribution is -0.134. The first-order chi connectivity index (χ1) is 9.67. The van der Waals surface area contributed by atoms with Crippen LogP contribution in [0.25, 0.3) is 0 Å². The molecule has 0 bridgehead atoms. The van der Waals surface area contributed by atoms with Gasteiger partial charge in [0.15, 0.2) is 0 Å². The van der Waals surface area contributed by atoms with Crippen LogP contribution in [0.2, 0.25) is 0 Å². The van der Waals surface area contributed by atoms with Gasteiger partial charge in [0, 0.05) is 6.04 Å². The summed E-state index contributed by atoms with van der Waals surface area (Å²) in [6, 6.07) is 0.219. The van der Waals surface area contributed by atoms with E-state index in [0.717, 1.165) is 25.7 Å². The van der Waals surface area contributed by atoms with Gasteiger partial charge in [-0.2, -0.15) is 0 Å². The minimum Gasteiger partial charge on any atom is -0.435 e. The van der Waals surface area contributed by atoms with Crippen LogP contribution in [0.3, 0.4) is 0 Å². The number of hydrogen-bond donors (Lipinski definition) is 2. The van der Waals surface area contributed by atoms with E-state index >= 15 is 0 Å². The largest absolute Gasteiger partial charge is 0.435 e. The number of fused-ring (bicyclic) bond motifs is 1. The number of amides is 2. The highest BCUT2D eigenvalue weighted by atomic mass is 16.4. The summed E-state index contributed by atoms with van der Waals surface area (Å²) in [4.78, 5) is 28.9. The van der Waals surface area contributed by atoms with Crippen LogP contribution >= 0.6 is 0 Å². The molecule has 1 aromatic heterocycles. The molecule has 0 unspecified atom stereocenters. The van der Waals surface area contributed by atoms with E-state index in [1.165, 1.54) is 4.90 Å². The average Bonchev–Trinajstić information content (AvgIpc) is 3.11. The third-order valence-corrected chi connectivity index (χ3v) is 3.83. The Morgan fingerprint density at radius 3 is 2.75 bits per heavy atom. The van der Waals surface area contributed by atoms with E-state index in [0.29, 0.717) is 11.5 Å². The summed E-state index contributed by atoms with van der Waals surface area (Å²) in [5.41, 5.74) is 0.600. The van der Waals surface area contributed by atoms with Crippen LogP contribution in [0.15, 0.2) is 4.42 Å². The Labute approximate surface area is 116 Å². The number of rotatable bonds is 3. The average molecular weight is 279 g/mol. The van der Waals surface area contributed by atoms with Crippen molar-refractivity contribution in [3.8, 4) is 0 Å². The summed E-state index contributed by atoms with van der Waals surface area (Å²) < 4.78 is 5.42. The van der Waals surface area contributed by atoms with Gasteiger partial charge in [-0.05, 0) is 12.8 Å². The summed E-state index contributed by atoms with van der Waals surface area (Å²) in [6.07, 6.45) is 4.30. The monoisotopic (exact) mass is 279 g/mol. The van der Waals surface area contributed by atoms with Crippen molar-refractivity contribution in [2.75, 3.05) is 6.61 Å². The zero-order valence-corrected chi connectivity index (χ0v) is 11.1. The lowest BCUT2D eigenvalue weighted by atomic mass is 10.2. The van der Waals surface area contributed by atoms with Crippen molar-refractivity contribution in [1.82, 2.24) is 15.2 Å². The Kier molecular flexibility index (Phi) is 3.43. The van der Waals surface area contributed by atoms with E-state index < -0.39 is 6.61 Å². The van der Waals surface area contributed by atoms with Crippen molar-refractivity contribution in [3.05, 3.63) is 17.3 Å². The molecule has 20 heavy (non-hydrogen) atoms. The first-order valence-electron chi connectivity index (χ1n) is 6.85. The van der Waals surface area contributed by atoms with Gasteiger partial charge < -0.3 is 19.7 Å². The van der Waals surface area contributed by atoms with E-state index in [4.69, 9.17) is 9.52 Å². The molecule has 0 aromatic carbocycles. The van der Waals surface area contributed by atoms with Crippen LogP contribution in [0, 0.1) is 0 Å². The molecule has 7 nitrogen and oxygen atoms in total. The molecule has 1 aromatic rings. The maximum Gasteiger partial charge on any atom is 0.307 e. The molecule has 0 saturated heterocycles. The lowest BCUT2D eigenvalue weighted by Gasteiger charge is -2.13. The van der Waals surface area contributed by atoms with Gasteiger partial charge in [-0.3, -0.25) is 9.59 Å². The molecule has 1 saturated carbocycles. The zero-order valence-electron chi connectivity index (χ0n) is 11.1. The molecule has 1 aliphatic carbocycles. The molecule has 0 spiro atoms. The van der Waals surface area contributed by atoms with Gasteiger partial charge in [-0.1, -0.05) is 12.8 Å². The van der Waals surface area contributed by atoms with Gasteiger partial charge >= 0.3 is 5.91 Å². The Hall–Kier alpha value is -1.89. The van der Waals surface area contributed by atoms with Gasteiger partial charge in [-0.25, -0.2) is 4.98 Å². The third-order valence-electron chi connectivity index (χ3n) is 3.83. The highest BCUT2D eigenvalue weighted by molar-refractivity contribution is 5.90. The standard InChI is InChI=1S/C13H17N3O4/c17-7-11(18)16-5-9-10(6-16)20-13(15-9)12(19)14-8-3-1-2-4-8/h8,17H,1-7H2,(H,14,19). The van der Waals surface area contributed by atoms with Gasteiger partial charge in [0.1, 0.15) is 18.1 Å². The molecule has 0 radical (unpaired) electrons. The molecule has 7 heteroatoms. The topological polar surface area (TPSA) is 95.7 Å². The van der Waals surface area contributed by atoms with Crippen molar-refractivity contribution >= 4 is 11.8 Å². The fraction of sp³-hybridized carbons (Fsp3) is 0.615. The number of aliphatic hydroxyl groups excluding tert-OH is 1. The number of hydrogen-bond acceptors (Lipinski definition) is 5. The van der Waals surface area contributed by atoms with Gasteiger partial charge in [0.2, 0.25) is 5.91 Å². The second kappa shape index (κ2) is 5.24. The Morgan fingerprint density at radius 2 is 2.10 bits per heavy atom. The Balaban J connectivity index is 1.64. The zero-order chi connectivity index (χ0) is 14.1. The molecule has 2 heterocycles. The third kappa shape index (κ3) is 2.40. The summed E-state index contributed by atoms with van der Waals surface area (Å²) in [6.45, 7) is 0.0205. The fourth-order valence-electron chi connectivity index (χ4n) is 2.73. The van der Waals surface area contributed by atoms with Crippen molar-refractivity contribution in [2.45, 2.75) is 44.8 Å². The molecule has 108 valence electrons. The number of carbonyl (C=O) groups is 2. The van der Waals surface area contributed by atoms with Gasteiger partial charge in [-0.15, -0.1) is 0 Å². The minimum absolute atomic E-state index is 0.0676. The predicted octanol–water partition coefficient (Wildman–Crippen LogP) is 0.182. The van der Waals surface area contributed by atoms with Gasteiger partial charge in [0.05, 0.1) is 13.1 Å². The number of aromatic nitrogens is 1. The van der Waals surface area contributed by atoms with Crippen LogP contribution in [-0.2, 0) is 17.9 Å². The second-order valence-corrected chi connectivity index (χ2v) is 5.25. The van der Waals surface area contributed by atoms with E-state index in [1.807, 2.05) is 0 Å². The molecule has 2 N–H and O–H groups in total. The normalized spacial score (nSPS) is 18.4. The minimum atomic E-state index is -0.528. The summed E-state index contributed by atoms with van der Waals surface area (Å²) >= 11 is 0. The number of oxazole rings is 1. The number of carbonyl (C=O) groups excluding carboxylic acids is 2. The second-order valence-electron chi connectivity index (χ2n) is 5.25. The molecule has 0 atom stereocenters. The molecule has 3 rings (SSSR count). The Morgan fingerprint density at radius 1 is 1.35 bits per heavy atom. The number of nitrogens with one attached hydrogen (secondary N) is 1.